The quantitative estimate of drug-likeness (QED) is 0.619. The number of rotatable bonds is 5. The van der Waals surface area contributed by atoms with Crippen LogP contribution >= 0.6 is 0 Å². The maximum Gasteiger partial charge on any atom is 0.356 e. The monoisotopic (exact) mass is 251 g/mol. The molecular weight excluding hydrogens is 234 g/mol. The van der Waals surface area contributed by atoms with Gasteiger partial charge in [0.1, 0.15) is 0 Å². The molecule has 0 atom stereocenters. The summed E-state index contributed by atoms with van der Waals surface area (Å²) in [6.07, 6.45) is 5.96. The Bertz CT molecular complexity index is 463. The molecule has 0 saturated carbocycles. The standard InChI is InChI=1S/C12H17N3O3/c1-9(16)13-7-5-4-6-10-8-14-15(2)11(10)12(17)18-3/h4,6,8H,5,7H2,1-3H3,(H,13,16). The SMILES string of the molecule is COC(=O)c1c(C=CCCNC(C)=O)cnn1C. The molecule has 1 aromatic rings. The highest BCUT2D eigenvalue weighted by molar-refractivity contribution is 5.91. The highest BCUT2D eigenvalue weighted by atomic mass is 16.5. The van der Waals surface area contributed by atoms with E-state index in [-0.39, 0.29) is 5.91 Å². The Kier molecular flexibility index (Phi) is 5.10. The Morgan fingerprint density at radius 2 is 2.28 bits per heavy atom. The van der Waals surface area contributed by atoms with Crippen LogP contribution in [0.3, 0.4) is 0 Å². The summed E-state index contributed by atoms with van der Waals surface area (Å²) in [6.45, 7) is 2.04. The minimum atomic E-state index is -0.420. The molecule has 0 aliphatic carbocycles. The summed E-state index contributed by atoms with van der Waals surface area (Å²) in [5.74, 6) is -0.475. The first-order valence-corrected chi connectivity index (χ1v) is 5.57. The summed E-state index contributed by atoms with van der Waals surface area (Å²) < 4.78 is 6.16. The van der Waals surface area contributed by atoms with E-state index in [1.807, 2.05) is 6.08 Å². The van der Waals surface area contributed by atoms with Crippen LogP contribution in [0.5, 0.6) is 0 Å². The van der Waals surface area contributed by atoms with E-state index in [2.05, 4.69) is 15.2 Å². The third-order valence-corrected chi connectivity index (χ3v) is 2.33. The van der Waals surface area contributed by atoms with Crippen molar-refractivity contribution < 1.29 is 14.3 Å². The third-order valence-electron chi connectivity index (χ3n) is 2.33. The van der Waals surface area contributed by atoms with Gasteiger partial charge in [0.2, 0.25) is 5.91 Å². The molecule has 98 valence electrons. The number of amides is 1. The fourth-order valence-corrected chi connectivity index (χ4v) is 1.46. The van der Waals surface area contributed by atoms with Crippen LogP contribution < -0.4 is 5.32 Å². The molecular formula is C12H17N3O3. The zero-order valence-corrected chi connectivity index (χ0v) is 10.8. The number of nitrogens with one attached hydrogen (secondary N) is 1. The van der Waals surface area contributed by atoms with Crippen molar-refractivity contribution in [3.63, 3.8) is 0 Å². The number of aromatic nitrogens is 2. The first kappa shape index (κ1) is 14.0. The van der Waals surface area contributed by atoms with E-state index >= 15 is 0 Å². The van der Waals surface area contributed by atoms with Crippen LogP contribution in [-0.4, -0.2) is 35.3 Å². The lowest BCUT2D eigenvalue weighted by Gasteiger charge is -2.01. The van der Waals surface area contributed by atoms with Crippen molar-refractivity contribution in [2.24, 2.45) is 7.05 Å². The van der Waals surface area contributed by atoms with Crippen molar-refractivity contribution in [2.45, 2.75) is 13.3 Å². The minimum absolute atomic E-state index is 0.0555. The summed E-state index contributed by atoms with van der Waals surface area (Å²) in [4.78, 5) is 22.2. The second-order valence-corrected chi connectivity index (χ2v) is 3.74. The zero-order valence-electron chi connectivity index (χ0n) is 10.8. The van der Waals surface area contributed by atoms with E-state index in [0.29, 0.717) is 24.2 Å². The molecule has 0 aliphatic heterocycles. The molecule has 0 aromatic carbocycles. The molecule has 6 heteroatoms. The first-order valence-electron chi connectivity index (χ1n) is 5.57. The number of esters is 1. The number of carbonyl (C=O) groups excluding carboxylic acids is 2. The molecule has 0 bridgehead atoms. The molecule has 1 rings (SSSR count). The summed E-state index contributed by atoms with van der Waals surface area (Å²) in [7, 11) is 3.01. The molecule has 0 aliphatic rings. The Labute approximate surface area is 106 Å². The lowest BCUT2D eigenvalue weighted by atomic mass is 10.2. The van der Waals surface area contributed by atoms with Gasteiger partial charge in [-0.3, -0.25) is 9.48 Å². The van der Waals surface area contributed by atoms with Crippen LogP contribution in [0.1, 0.15) is 29.4 Å². The van der Waals surface area contributed by atoms with Gasteiger partial charge < -0.3 is 10.1 Å². The van der Waals surface area contributed by atoms with E-state index in [1.54, 1.807) is 19.3 Å². The van der Waals surface area contributed by atoms with Crippen molar-refractivity contribution >= 4 is 18.0 Å². The van der Waals surface area contributed by atoms with Crippen LogP contribution in [0.25, 0.3) is 6.08 Å². The molecule has 1 N–H and O–H groups in total. The van der Waals surface area contributed by atoms with Gasteiger partial charge in [0.05, 0.1) is 13.3 Å². The molecule has 0 fully saturated rings. The normalized spacial score (nSPS) is 10.6. The van der Waals surface area contributed by atoms with Crippen molar-refractivity contribution in [3.05, 3.63) is 23.5 Å². The predicted octanol–water partition coefficient (Wildman–Crippen LogP) is 0.746. The lowest BCUT2D eigenvalue weighted by Crippen LogP contribution is -2.20. The van der Waals surface area contributed by atoms with Crippen LogP contribution in [0.4, 0.5) is 0 Å². The average Bonchev–Trinajstić information content (AvgIpc) is 2.69. The largest absolute Gasteiger partial charge is 0.464 e. The molecule has 1 aromatic heterocycles. The number of nitrogens with zero attached hydrogens (tertiary/aromatic N) is 2. The fourth-order valence-electron chi connectivity index (χ4n) is 1.46. The maximum absolute atomic E-state index is 11.5. The van der Waals surface area contributed by atoms with E-state index in [0.717, 1.165) is 0 Å². The molecule has 0 saturated heterocycles. The number of carbonyl (C=O) groups is 2. The molecule has 0 radical (unpaired) electrons. The van der Waals surface area contributed by atoms with Crippen molar-refractivity contribution in [1.82, 2.24) is 15.1 Å². The number of ether oxygens (including phenoxy) is 1. The Balaban J connectivity index is 2.64. The van der Waals surface area contributed by atoms with Crippen molar-refractivity contribution in [1.29, 1.82) is 0 Å². The van der Waals surface area contributed by atoms with Gasteiger partial charge in [-0.1, -0.05) is 12.2 Å². The van der Waals surface area contributed by atoms with E-state index < -0.39 is 5.97 Å². The summed E-state index contributed by atoms with van der Waals surface area (Å²) in [5.41, 5.74) is 1.11. The Morgan fingerprint density at radius 3 is 2.89 bits per heavy atom. The van der Waals surface area contributed by atoms with E-state index in [9.17, 15) is 9.59 Å². The summed E-state index contributed by atoms with van der Waals surface area (Å²) in [5, 5.41) is 6.69. The van der Waals surface area contributed by atoms with Crippen LogP contribution in [0, 0.1) is 0 Å². The number of hydrogen-bond acceptors (Lipinski definition) is 4. The topological polar surface area (TPSA) is 73.2 Å². The number of methoxy groups -OCH3 is 1. The van der Waals surface area contributed by atoms with Gasteiger partial charge in [-0.2, -0.15) is 5.10 Å². The Hall–Kier alpha value is -2.11. The second-order valence-electron chi connectivity index (χ2n) is 3.74. The second kappa shape index (κ2) is 6.58. The smallest absolute Gasteiger partial charge is 0.356 e. The molecule has 18 heavy (non-hydrogen) atoms. The van der Waals surface area contributed by atoms with Gasteiger partial charge in [-0.05, 0) is 6.42 Å². The van der Waals surface area contributed by atoms with Gasteiger partial charge in [0.25, 0.3) is 0 Å². The third kappa shape index (κ3) is 3.73. The lowest BCUT2D eigenvalue weighted by molar-refractivity contribution is -0.118. The molecule has 1 amide bonds. The van der Waals surface area contributed by atoms with Gasteiger partial charge in [-0.15, -0.1) is 0 Å². The molecule has 0 unspecified atom stereocenters. The van der Waals surface area contributed by atoms with E-state index in [4.69, 9.17) is 0 Å². The minimum Gasteiger partial charge on any atom is -0.464 e. The highest BCUT2D eigenvalue weighted by Gasteiger charge is 2.14. The predicted molar refractivity (Wildman–Crippen MR) is 66.9 cm³/mol. The van der Waals surface area contributed by atoms with Crippen LogP contribution in [-0.2, 0) is 16.6 Å². The van der Waals surface area contributed by atoms with Gasteiger partial charge >= 0.3 is 5.97 Å². The molecule has 0 spiro atoms. The summed E-state index contributed by atoms with van der Waals surface area (Å²) in [6, 6.07) is 0. The fraction of sp³-hybridized carbons (Fsp3) is 0.417. The van der Waals surface area contributed by atoms with Crippen LogP contribution in [0.15, 0.2) is 12.3 Å². The van der Waals surface area contributed by atoms with Gasteiger partial charge in [-0.25, -0.2) is 4.79 Å². The summed E-state index contributed by atoms with van der Waals surface area (Å²) >= 11 is 0. The maximum atomic E-state index is 11.5. The zero-order chi connectivity index (χ0) is 13.5. The van der Waals surface area contributed by atoms with Crippen molar-refractivity contribution in [2.75, 3.05) is 13.7 Å². The van der Waals surface area contributed by atoms with Gasteiger partial charge in [0.15, 0.2) is 5.69 Å². The van der Waals surface area contributed by atoms with Crippen molar-refractivity contribution in [3.8, 4) is 0 Å². The molecule has 1 heterocycles. The molecule has 6 nitrogen and oxygen atoms in total. The average molecular weight is 251 g/mol. The Morgan fingerprint density at radius 1 is 1.56 bits per heavy atom. The van der Waals surface area contributed by atoms with E-state index in [1.165, 1.54) is 18.7 Å². The number of hydrogen-bond donors (Lipinski definition) is 1. The number of aryl methyl sites for hydroxylation is 1. The van der Waals surface area contributed by atoms with Crippen LogP contribution in [0.2, 0.25) is 0 Å². The first-order chi connectivity index (χ1) is 8.56. The van der Waals surface area contributed by atoms with Gasteiger partial charge in [0, 0.05) is 26.1 Å². The highest BCUT2D eigenvalue weighted by Crippen LogP contribution is 2.11.